The Hall–Kier alpha value is -3.58. The first-order valence-electron chi connectivity index (χ1n) is 10.6. The van der Waals surface area contributed by atoms with E-state index in [0.29, 0.717) is 30.2 Å². The number of nitrogens with two attached hydrogens (primary N) is 1. The van der Waals surface area contributed by atoms with Gasteiger partial charge in [-0.15, -0.1) is 0 Å². The standard InChI is InChI=1S/C24H24FN5O3/c1-29-22(31)20(14-3-2-4-16(11-14)23(32)33)21(15-5-6-17(13-26)19(25)12-15)28-24(29)30-9-7-18(27)8-10-30/h2-6,11-12,18,23,32-33H,7-10,27H2,1H3. The van der Waals surface area contributed by atoms with E-state index in [1.54, 1.807) is 31.3 Å². The van der Waals surface area contributed by atoms with Gasteiger partial charge in [-0.25, -0.2) is 9.37 Å². The normalized spacial score (nSPS) is 14.5. The van der Waals surface area contributed by atoms with Gasteiger partial charge in [-0.2, -0.15) is 5.26 Å². The minimum absolute atomic E-state index is 0.0947. The van der Waals surface area contributed by atoms with Crippen LogP contribution in [0.1, 0.15) is 30.3 Å². The lowest BCUT2D eigenvalue weighted by Gasteiger charge is -2.32. The molecule has 1 saturated heterocycles. The summed E-state index contributed by atoms with van der Waals surface area (Å²) in [5, 5.41) is 28.3. The van der Waals surface area contributed by atoms with Gasteiger partial charge < -0.3 is 20.8 Å². The molecule has 2 heterocycles. The van der Waals surface area contributed by atoms with E-state index in [0.717, 1.165) is 12.8 Å². The van der Waals surface area contributed by atoms with Crippen LogP contribution < -0.4 is 16.2 Å². The predicted molar refractivity (Wildman–Crippen MR) is 122 cm³/mol. The molecule has 3 aromatic rings. The lowest BCUT2D eigenvalue weighted by Crippen LogP contribution is -2.42. The number of benzene rings is 2. The van der Waals surface area contributed by atoms with Crippen molar-refractivity contribution in [1.29, 1.82) is 5.26 Å². The quantitative estimate of drug-likeness (QED) is 0.520. The van der Waals surface area contributed by atoms with Crippen LogP contribution in [0.3, 0.4) is 0 Å². The molecule has 2 aromatic carbocycles. The van der Waals surface area contributed by atoms with Gasteiger partial charge >= 0.3 is 0 Å². The van der Waals surface area contributed by atoms with Crippen molar-refractivity contribution in [2.45, 2.75) is 25.2 Å². The zero-order valence-electron chi connectivity index (χ0n) is 18.1. The third kappa shape index (κ3) is 4.36. The fourth-order valence-electron chi connectivity index (χ4n) is 4.05. The molecule has 4 N–H and O–H groups in total. The van der Waals surface area contributed by atoms with E-state index >= 15 is 0 Å². The molecule has 0 radical (unpaired) electrons. The maximum atomic E-state index is 14.5. The molecule has 0 saturated carbocycles. The van der Waals surface area contributed by atoms with Crippen LogP contribution in [0.4, 0.5) is 10.3 Å². The zero-order valence-corrected chi connectivity index (χ0v) is 18.1. The highest BCUT2D eigenvalue weighted by Gasteiger charge is 2.24. The number of rotatable bonds is 4. The molecule has 1 fully saturated rings. The van der Waals surface area contributed by atoms with Gasteiger partial charge in [-0.05, 0) is 36.6 Å². The summed E-state index contributed by atoms with van der Waals surface area (Å²) in [6.07, 6.45) is -0.196. The molecule has 1 aliphatic heterocycles. The van der Waals surface area contributed by atoms with Crippen LogP contribution in [-0.4, -0.2) is 38.9 Å². The van der Waals surface area contributed by atoms with E-state index in [9.17, 15) is 19.4 Å². The predicted octanol–water partition coefficient (Wildman–Crippen LogP) is 2.04. The molecule has 0 aliphatic carbocycles. The number of nitrogens with zero attached hydrogens (tertiary/aromatic N) is 4. The van der Waals surface area contributed by atoms with Crippen molar-refractivity contribution in [3.8, 4) is 28.5 Å². The Balaban J connectivity index is 1.96. The van der Waals surface area contributed by atoms with Gasteiger partial charge in [0.05, 0.1) is 16.8 Å². The molecule has 9 heteroatoms. The molecule has 0 spiro atoms. The fourth-order valence-corrected chi connectivity index (χ4v) is 4.05. The lowest BCUT2D eigenvalue weighted by atomic mass is 9.97. The minimum Gasteiger partial charge on any atom is -0.364 e. The average Bonchev–Trinajstić information content (AvgIpc) is 2.81. The second-order valence-electron chi connectivity index (χ2n) is 8.13. The smallest absolute Gasteiger partial charge is 0.263 e. The summed E-state index contributed by atoms with van der Waals surface area (Å²) < 4.78 is 15.9. The molecule has 8 nitrogen and oxygen atoms in total. The topological polar surface area (TPSA) is 128 Å². The van der Waals surface area contributed by atoms with E-state index < -0.39 is 12.1 Å². The maximum Gasteiger partial charge on any atom is 0.263 e. The molecule has 4 rings (SSSR count). The van der Waals surface area contributed by atoms with Crippen LogP contribution >= 0.6 is 0 Å². The summed E-state index contributed by atoms with van der Waals surface area (Å²) in [4.78, 5) is 20.3. The lowest BCUT2D eigenvalue weighted by molar-refractivity contribution is -0.0424. The van der Waals surface area contributed by atoms with Gasteiger partial charge in [0.25, 0.3) is 5.56 Å². The second kappa shape index (κ2) is 9.11. The van der Waals surface area contributed by atoms with Crippen molar-refractivity contribution in [3.63, 3.8) is 0 Å². The number of hydrogen-bond donors (Lipinski definition) is 3. The first-order chi connectivity index (χ1) is 15.8. The van der Waals surface area contributed by atoms with Crippen LogP contribution in [0.2, 0.25) is 0 Å². The number of anilines is 1. The first-order valence-corrected chi connectivity index (χ1v) is 10.6. The number of aliphatic hydroxyl groups is 2. The van der Waals surface area contributed by atoms with E-state index in [-0.39, 0.29) is 34.0 Å². The zero-order chi connectivity index (χ0) is 23.7. The first kappa shape index (κ1) is 22.6. The van der Waals surface area contributed by atoms with Gasteiger partial charge in [-0.1, -0.05) is 24.3 Å². The van der Waals surface area contributed by atoms with Gasteiger partial charge in [0.2, 0.25) is 5.95 Å². The van der Waals surface area contributed by atoms with Gasteiger partial charge in [-0.3, -0.25) is 9.36 Å². The van der Waals surface area contributed by atoms with E-state index in [2.05, 4.69) is 0 Å². The summed E-state index contributed by atoms with van der Waals surface area (Å²) >= 11 is 0. The molecule has 170 valence electrons. The molecule has 0 atom stereocenters. The number of aliphatic hydroxyl groups excluding tert-OH is 1. The van der Waals surface area contributed by atoms with Crippen molar-refractivity contribution in [2.24, 2.45) is 12.8 Å². The largest absolute Gasteiger partial charge is 0.364 e. The highest BCUT2D eigenvalue weighted by molar-refractivity contribution is 5.81. The van der Waals surface area contributed by atoms with Gasteiger partial charge in [0.15, 0.2) is 6.29 Å². The summed E-state index contributed by atoms with van der Waals surface area (Å²) in [5.74, 6) is -0.276. The Morgan fingerprint density at radius 1 is 1.18 bits per heavy atom. The van der Waals surface area contributed by atoms with Crippen molar-refractivity contribution in [3.05, 3.63) is 69.8 Å². The average molecular weight is 449 g/mol. The van der Waals surface area contributed by atoms with Gasteiger partial charge in [0, 0.05) is 37.3 Å². The van der Waals surface area contributed by atoms with E-state index in [1.165, 1.54) is 28.8 Å². The minimum atomic E-state index is -1.71. The second-order valence-corrected chi connectivity index (χ2v) is 8.13. The van der Waals surface area contributed by atoms with Crippen LogP contribution in [0.25, 0.3) is 22.4 Å². The SMILES string of the molecule is Cn1c(N2CCC(N)CC2)nc(-c2ccc(C#N)c(F)c2)c(-c2cccc(C(O)O)c2)c1=O. The molecule has 1 aliphatic rings. The number of halogens is 1. The fraction of sp³-hybridized carbons (Fsp3) is 0.292. The van der Waals surface area contributed by atoms with Crippen LogP contribution in [0.15, 0.2) is 47.3 Å². The Labute approximate surface area is 190 Å². The molecule has 0 amide bonds. The molecular formula is C24H24FN5O3. The van der Waals surface area contributed by atoms with Crippen LogP contribution in [-0.2, 0) is 7.05 Å². The summed E-state index contributed by atoms with van der Waals surface area (Å²) in [7, 11) is 1.62. The summed E-state index contributed by atoms with van der Waals surface area (Å²) in [5.41, 5.74) is 6.95. The van der Waals surface area contributed by atoms with Gasteiger partial charge in [0.1, 0.15) is 11.9 Å². The van der Waals surface area contributed by atoms with Crippen molar-refractivity contribution in [1.82, 2.24) is 9.55 Å². The Morgan fingerprint density at radius 2 is 1.91 bits per heavy atom. The molecule has 0 bridgehead atoms. The van der Waals surface area contributed by atoms with Crippen molar-refractivity contribution < 1.29 is 14.6 Å². The number of hydrogen-bond acceptors (Lipinski definition) is 7. The summed E-state index contributed by atoms with van der Waals surface area (Å²) in [6.45, 7) is 1.27. The molecular weight excluding hydrogens is 425 g/mol. The van der Waals surface area contributed by atoms with E-state index in [1.807, 2.05) is 4.90 Å². The summed E-state index contributed by atoms with van der Waals surface area (Å²) in [6, 6.07) is 12.3. The Bertz CT molecular complexity index is 1290. The van der Waals surface area contributed by atoms with E-state index in [4.69, 9.17) is 16.0 Å². The third-order valence-electron chi connectivity index (χ3n) is 5.93. The third-order valence-corrected chi connectivity index (χ3v) is 5.93. The number of aromatic nitrogens is 2. The van der Waals surface area contributed by atoms with Crippen LogP contribution in [0.5, 0.6) is 0 Å². The van der Waals surface area contributed by atoms with Crippen LogP contribution in [0, 0.1) is 17.1 Å². The highest BCUT2D eigenvalue weighted by atomic mass is 19.1. The van der Waals surface area contributed by atoms with Crippen molar-refractivity contribution in [2.75, 3.05) is 18.0 Å². The molecule has 33 heavy (non-hydrogen) atoms. The molecule has 0 unspecified atom stereocenters. The number of nitriles is 1. The van der Waals surface area contributed by atoms with Crippen molar-refractivity contribution >= 4 is 5.95 Å². The highest BCUT2D eigenvalue weighted by Crippen LogP contribution is 2.32. The Morgan fingerprint density at radius 3 is 2.55 bits per heavy atom. The molecule has 1 aromatic heterocycles. The maximum absolute atomic E-state index is 14.5. The monoisotopic (exact) mass is 449 g/mol. The Kier molecular flexibility index (Phi) is 6.24. The number of piperidine rings is 1.